The minimum absolute atomic E-state index is 0.129. The van der Waals surface area contributed by atoms with E-state index in [9.17, 15) is 5.26 Å². The molecule has 1 fully saturated rings. The van der Waals surface area contributed by atoms with Crippen LogP contribution in [0.4, 0.5) is 5.88 Å². The minimum atomic E-state index is 0.129. The third kappa shape index (κ3) is 6.49. The largest absolute Gasteiger partial charge is 0.489 e. The van der Waals surface area contributed by atoms with Crippen LogP contribution in [-0.2, 0) is 6.61 Å². The Hall–Kier alpha value is -3.50. The first kappa shape index (κ1) is 26.1. The third-order valence-corrected chi connectivity index (χ3v) is 7.20. The molecule has 38 heavy (non-hydrogen) atoms. The Morgan fingerprint density at radius 2 is 1.58 bits per heavy atom. The molecule has 0 spiro atoms. The summed E-state index contributed by atoms with van der Waals surface area (Å²) in [6, 6.07) is 25.3. The molecule has 1 unspecified atom stereocenters. The van der Waals surface area contributed by atoms with E-state index in [1.54, 1.807) is 0 Å². The highest BCUT2D eigenvalue weighted by molar-refractivity contribution is 6.30. The SMILES string of the molecule is N#Cc1nc(-c2ccc(OCc3ccc(Cl)cc3)cc2)oc1NCC(c1ccc(Cl)cc1)N1CCCCC1. The highest BCUT2D eigenvalue weighted by Crippen LogP contribution is 2.30. The standard InChI is InChI=1S/C30H28Cl2N4O2/c31-24-10-4-21(5-11-24)20-37-26-14-8-23(9-15-26)29-35-27(18-33)30(38-29)34-19-28(36-16-2-1-3-17-36)22-6-12-25(32)13-7-22/h4-15,28,34H,1-3,16-17,19-20H2. The number of hydrogen-bond donors (Lipinski definition) is 1. The van der Waals surface area contributed by atoms with E-state index < -0.39 is 0 Å². The van der Waals surface area contributed by atoms with Crippen LogP contribution in [-0.4, -0.2) is 29.5 Å². The molecule has 1 saturated heterocycles. The molecule has 0 amide bonds. The molecule has 6 nitrogen and oxygen atoms in total. The number of nitrogens with one attached hydrogen (secondary N) is 1. The van der Waals surface area contributed by atoms with Crippen LogP contribution < -0.4 is 10.1 Å². The molecule has 3 aromatic carbocycles. The first-order valence-electron chi connectivity index (χ1n) is 12.7. The van der Waals surface area contributed by atoms with Gasteiger partial charge < -0.3 is 14.5 Å². The molecule has 1 N–H and O–H groups in total. The molecule has 1 aliphatic heterocycles. The van der Waals surface area contributed by atoms with Crippen molar-refractivity contribution in [1.29, 1.82) is 5.26 Å². The quantitative estimate of drug-likeness (QED) is 0.231. The molecular weight excluding hydrogens is 519 g/mol. The van der Waals surface area contributed by atoms with E-state index >= 15 is 0 Å². The minimum Gasteiger partial charge on any atom is -0.489 e. The number of benzene rings is 3. The molecule has 194 valence electrons. The average Bonchev–Trinajstić information content (AvgIpc) is 3.38. The molecule has 4 aromatic rings. The Bertz CT molecular complexity index is 1370. The van der Waals surface area contributed by atoms with E-state index in [-0.39, 0.29) is 11.7 Å². The summed E-state index contributed by atoms with van der Waals surface area (Å²) in [6.07, 6.45) is 3.62. The zero-order chi connectivity index (χ0) is 26.3. The molecular formula is C30H28Cl2N4O2. The summed E-state index contributed by atoms with van der Waals surface area (Å²) in [5.74, 6) is 1.48. The first-order valence-corrected chi connectivity index (χ1v) is 13.5. The molecule has 1 aromatic heterocycles. The van der Waals surface area contributed by atoms with Crippen molar-refractivity contribution >= 4 is 29.1 Å². The van der Waals surface area contributed by atoms with Gasteiger partial charge in [-0.1, -0.05) is 53.9 Å². The average molecular weight is 547 g/mol. The van der Waals surface area contributed by atoms with Gasteiger partial charge in [-0.25, -0.2) is 0 Å². The number of nitrogens with zero attached hydrogens (tertiary/aromatic N) is 3. The van der Waals surface area contributed by atoms with Crippen molar-refractivity contribution in [3.63, 3.8) is 0 Å². The summed E-state index contributed by atoms with van der Waals surface area (Å²) in [4.78, 5) is 6.91. The fourth-order valence-corrected chi connectivity index (χ4v) is 4.89. The van der Waals surface area contributed by atoms with Gasteiger partial charge in [0.25, 0.3) is 0 Å². The number of ether oxygens (including phenoxy) is 1. The molecule has 0 aliphatic carbocycles. The van der Waals surface area contributed by atoms with Gasteiger partial charge in [-0.05, 0) is 85.6 Å². The van der Waals surface area contributed by atoms with Gasteiger partial charge in [0.2, 0.25) is 17.5 Å². The van der Waals surface area contributed by atoms with E-state index in [2.05, 4.69) is 33.4 Å². The van der Waals surface area contributed by atoms with Gasteiger partial charge in [0.05, 0.1) is 6.04 Å². The maximum Gasteiger partial charge on any atom is 0.232 e. The van der Waals surface area contributed by atoms with E-state index in [0.29, 0.717) is 35.0 Å². The molecule has 0 bridgehead atoms. The Morgan fingerprint density at radius 3 is 2.24 bits per heavy atom. The van der Waals surface area contributed by atoms with Crippen molar-refractivity contribution < 1.29 is 9.15 Å². The molecule has 1 atom stereocenters. The monoisotopic (exact) mass is 546 g/mol. The predicted molar refractivity (Wildman–Crippen MR) is 151 cm³/mol. The van der Waals surface area contributed by atoms with Crippen molar-refractivity contribution in [3.05, 3.63) is 99.7 Å². The Balaban J connectivity index is 1.27. The van der Waals surface area contributed by atoms with E-state index in [1.165, 1.54) is 24.8 Å². The Kier molecular flexibility index (Phi) is 8.50. The van der Waals surface area contributed by atoms with Crippen molar-refractivity contribution in [3.8, 4) is 23.3 Å². The van der Waals surface area contributed by atoms with Crippen LogP contribution in [0.5, 0.6) is 5.75 Å². The smallest absolute Gasteiger partial charge is 0.232 e. The second-order valence-corrected chi connectivity index (χ2v) is 10.2. The molecule has 1 aliphatic rings. The summed E-state index contributed by atoms with van der Waals surface area (Å²) >= 11 is 12.1. The summed E-state index contributed by atoms with van der Waals surface area (Å²) in [7, 11) is 0. The molecule has 2 heterocycles. The van der Waals surface area contributed by atoms with Crippen LogP contribution in [0.15, 0.2) is 77.2 Å². The normalized spacial score (nSPS) is 14.6. The Morgan fingerprint density at radius 1 is 0.921 bits per heavy atom. The first-order chi connectivity index (χ1) is 18.6. The summed E-state index contributed by atoms with van der Waals surface area (Å²) in [5.41, 5.74) is 3.20. The van der Waals surface area contributed by atoms with Gasteiger partial charge in [-0.15, -0.1) is 0 Å². The molecule has 8 heteroatoms. The highest BCUT2D eigenvalue weighted by Gasteiger charge is 2.24. The number of rotatable bonds is 9. The van der Waals surface area contributed by atoms with Gasteiger partial charge >= 0.3 is 0 Å². The van der Waals surface area contributed by atoms with Crippen LogP contribution in [0.25, 0.3) is 11.5 Å². The van der Waals surface area contributed by atoms with Crippen molar-refractivity contribution in [2.75, 3.05) is 25.0 Å². The predicted octanol–water partition coefficient (Wildman–Crippen LogP) is 7.74. The number of hydrogen-bond acceptors (Lipinski definition) is 6. The topological polar surface area (TPSA) is 74.3 Å². The number of halogens is 2. The highest BCUT2D eigenvalue weighted by atomic mass is 35.5. The van der Waals surface area contributed by atoms with Crippen LogP contribution >= 0.6 is 23.2 Å². The fourth-order valence-electron chi connectivity index (χ4n) is 4.64. The zero-order valence-electron chi connectivity index (χ0n) is 20.9. The lowest BCUT2D eigenvalue weighted by Crippen LogP contribution is -2.37. The number of nitriles is 1. The van der Waals surface area contributed by atoms with Crippen molar-refractivity contribution in [2.24, 2.45) is 0 Å². The molecule has 0 saturated carbocycles. The molecule has 0 radical (unpaired) electrons. The maximum atomic E-state index is 9.71. The van der Waals surface area contributed by atoms with Crippen LogP contribution in [0.3, 0.4) is 0 Å². The van der Waals surface area contributed by atoms with Crippen LogP contribution in [0.1, 0.15) is 42.1 Å². The lowest BCUT2D eigenvalue weighted by atomic mass is 10.0. The summed E-state index contributed by atoms with van der Waals surface area (Å²) in [6.45, 7) is 3.10. The summed E-state index contributed by atoms with van der Waals surface area (Å²) < 4.78 is 11.9. The number of anilines is 1. The Labute approximate surface area is 232 Å². The fraction of sp³-hybridized carbons (Fsp3) is 0.267. The van der Waals surface area contributed by atoms with Gasteiger partial charge in [-0.2, -0.15) is 10.2 Å². The maximum absolute atomic E-state index is 9.71. The third-order valence-electron chi connectivity index (χ3n) is 6.70. The number of piperidine rings is 1. The number of likely N-dealkylation sites (tertiary alicyclic amines) is 1. The van der Waals surface area contributed by atoms with E-state index in [4.69, 9.17) is 32.4 Å². The second-order valence-electron chi connectivity index (χ2n) is 9.29. The van der Waals surface area contributed by atoms with Crippen LogP contribution in [0.2, 0.25) is 10.0 Å². The van der Waals surface area contributed by atoms with E-state index in [0.717, 1.165) is 30.0 Å². The second kappa shape index (κ2) is 12.4. The van der Waals surface area contributed by atoms with Gasteiger partial charge in [0.1, 0.15) is 18.4 Å². The lowest BCUT2D eigenvalue weighted by Gasteiger charge is -2.35. The summed E-state index contributed by atoms with van der Waals surface area (Å²) in [5, 5.41) is 14.5. The van der Waals surface area contributed by atoms with Gasteiger partial charge in [-0.3, -0.25) is 4.90 Å². The van der Waals surface area contributed by atoms with Gasteiger partial charge in [0, 0.05) is 22.2 Å². The van der Waals surface area contributed by atoms with Gasteiger partial charge in [0.15, 0.2) is 0 Å². The van der Waals surface area contributed by atoms with Crippen molar-refractivity contribution in [1.82, 2.24) is 9.88 Å². The molecule has 5 rings (SSSR count). The lowest BCUT2D eigenvalue weighted by molar-refractivity contribution is 0.170. The number of aromatic nitrogens is 1. The van der Waals surface area contributed by atoms with Crippen LogP contribution in [0, 0.1) is 11.3 Å². The van der Waals surface area contributed by atoms with E-state index in [1.807, 2.05) is 60.7 Å². The zero-order valence-corrected chi connectivity index (χ0v) is 22.4. The number of oxazole rings is 1. The van der Waals surface area contributed by atoms with Crippen molar-refractivity contribution in [2.45, 2.75) is 31.9 Å².